The number of nitrogens with zero attached hydrogens (tertiary/aromatic N) is 3. The minimum atomic E-state index is 0.633. The highest BCUT2D eigenvalue weighted by atomic mass is 16.5. The van der Waals surface area contributed by atoms with Crippen molar-refractivity contribution in [1.29, 1.82) is 0 Å². The zero-order chi connectivity index (χ0) is 14.5. The Hall–Kier alpha value is -0.940. The number of likely N-dealkylation sites (tertiary alicyclic amines) is 1. The van der Waals surface area contributed by atoms with Crippen molar-refractivity contribution < 1.29 is 4.52 Å². The second-order valence-corrected chi connectivity index (χ2v) is 6.72. The summed E-state index contributed by atoms with van der Waals surface area (Å²) in [6.07, 6.45) is 9.71. The predicted molar refractivity (Wildman–Crippen MR) is 81.9 cm³/mol. The standard InChI is InChI=1S/C16H28N4O/c1-13-18-16(19-21-13)12-20-9-5-8-15(11-20)17-10-14-6-3-2-4-7-14/h14-15,17H,2-12H2,1H3/t15-/m0/s1. The summed E-state index contributed by atoms with van der Waals surface area (Å²) >= 11 is 0. The molecule has 1 aromatic heterocycles. The smallest absolute Gasteiger partial charge is 0.223 e. The van der Waals surface area contributed by atoms with Crippen LogP contribution in [0.1, 0.15) is 56.7 Å². The number of aromatic nitrogens is 2. The van der Waals surface area contributed by atoms with E-state index in [0.717, 1.165) is 31.4 Å². The second kappa shape index (κ2) is 7.36. The van der Waals surface area contributed by atoms with Gasteiger partial charge >= 0.3 is 0 Å². The quantitative estimate of drug-likeness (QED) is 0.903. The first kappa shape index (κ1) is 15.0. The van der Waals surface area contributed by atoms with Gasteiger partial charge in [0.05, 0.1) is 6.54 Å². The zero-order valence-electron chi connectivity index (χ0n) is 13.2. The van der Waals surface area contributed by atoms with Crippen LogP contribution in [0.5, 0.6) is 0 Å². The maximum Gasteiger partial charge on any atom is 0.223 e. The van der Waals surface area contributed by atoms with Crippen LogP contribution in [0.2, 0.25) is 0 Å². The van der Waals surface area contributed by atoms with Crippen LogP contribution in [0.4, 0.5) is 0 Å². The molecule has 1 saturated carbocycles. The van der Waals surface area contributed by atoms with Gasteiger partial charge in [0.15, 0.2) is 5.82 Å². The highest BCUT2D eigenvalue weighted by Gasteiger charge is 2.22. The minimum Gasteiger partial charge on any atom is -0.340 e. The number of piperidine rings is 1. The van der Waals surface area contributed by atoms with Crippen molar-refractivity contribution in [2.45, 2.75) is 64.5 Å². The summed E-state index contributed by atoms with van der Waals surface area (Å²) in [6, 6.07) is 0.633. The summed E-state index contributed by atoms with van der Waals surface area (Å²) in [4.78, 5) is 6.76. The third kappa shape index (κ3) is 4.51. The lowest BCUT2D eigenvalue weighted by Gasteiger charge is -2.33. The third-order valence-electron chi connectivity index (χ3n) is 4.86. The number of rotatable bonds is 5. The topological polar surface area (TPSA) is 54.2 Å². The normalized spacial score (nSPS) is 25.3. The SMILES string of the molecule is Cc1nc(CN2CCC[C@H](NCC3CCCCC3)C2)no1. The van der Waals surface area contributed by atoms with Gasteiger partial charge in [0.25, 0.3) is 0 Å². The van der Waals surface area contributed by atoms with Gasteiger partial charge in [-0.2, -0.15) is 4.98 Å². The van der Waals surface area contributed by atoms with Gasteiger partial charge in [-0.3, -0.25) is 4.90 Å². The van der Waals surface area contributed by atoms with E-state index in [1.807, 2.05) is 6.92 Å². The Balaban J connectivity index is 1.42. The Bertz CT molecular complexity index is 428. The Morgan fingerprint density at radius 2 is 2.05 bits per heavy atom. The average molecular weight is 292 g/mol. The number of hydrogen-bond acceptors (Lipinski definition) is 5. The Labute approximate surface area is 127 Å². The van der Waals surface area contributed by atoms with E-state index in [1.165, 1.54) is 51.5 Å². The van der Waals surface area contributed by atoms with Crippen LogP contribution in [0, 0.1) is 12.8 Å². The van der Waals surface area contributed by atoms with Crippen molar-refractivity contribution in [2.24, 2.45) is 5.92 Å². The van der Waals surface area contributed by atoms with E-state index < -0.39 is 0 Å². The maximum absolute atomic E-state index is 5.06. The second-order valence-electron chi connectivity index (χ2n) is 6.72. The minimum absolute atomic E-state index is 0.633. The highest BCUT2D eigenvalue weighted by Crippen LogP contribution is 2.23. The molecule has 1 aliphatic heterocycles. The van der Waals surface area contributed by atoms with Crippen molar-refractivity contribution in [3.05, 3.63) is 11.7 Å². The van der Waals surface area contributed by atoms with E-state index in [-0.39, 0.29) is 0 Å². The van der Waals surface area contributed by atoms with Crippen LogP contribution >= 0.6 is 0 Å². The summed E-state index contributed by atoms with van der Waals surface area (Å²) in [5.74, 6) is 2.39. The molecule has 5 nitrogen and oxygen atoms in total. The zero-order valence-corrected chi connectivity index (χ0v) is 13.2. The molecule has 0 amide bonds. The van der Waals surface area contributed by atoms with Crippen molar-refractivity contribution in [3.8, 4) is 0 Å². The summed E-state index contributed by atoms with van der Waals surface area (Å²) in [5.41, 5.74) is 0. The van der Waals surface area contributed by atoms with Gasteiger partial charge in [0.2, 0.25) is 5.89 Å². The van der Waals surface area contributed by atoms with E-state index in [9.17, 15) is 0 Å². The van der Waals surface area contributed by atoms with Crippen LogP contribution in [-0.4, -0.2) is 40.7 Å². The van der Waals surface area contributed by atoms with Gasteiger partial charge in [-0.1, -0.05) is 24.4 Å². The molecule has 0 aromatic carbocycles. The summed E-state index contributed by atoms with van der Waals surface area (Å²) in [5, 5.41) is 7.81. The van der Waals surface area contributed by atoms with Crippen LogP contribution in [0.25, 0.3) is 0 Å². The van der Waals surface area contributed by atoms with E-state index in [4.69, 9.17) is 4.52 Å². The Kier molecular flexibility index (Phi) is 5.25. The van der Waals surface area contributed by atoms with Gasteiger partial charge in [-0.05, 0) is 44.7 Å². The Morgan fingerprint density at radius 3 is 2.81 bits per heavy atom. The van der Waals surface area contributed by atoms with Gasteiger partial charge in [0, 0.05) is 19.5 Å². The first-order valence-corrected chi connectivity index (χ1v) is 8.54. The van der Waals surface area contributed by atoms with Crippen molar-refractivity contribution in [3.63, 3.8) is 0 Å². The number of aryl methyl sites for hydroxylation is 1. The van der Waals surface area contributed by atoms with Crippen molar-refractivity contribution in [1.82, 2.24) is 20.4 Å². The molecule has 1 aromatic rings. The van der Waals surface area contributed by atoms with Crippen molar-refractivity contribution >= 4 is 0 Å². The number of hydrogen-bond donors (Lipinski definition) is 1. The molecule has 2 fully saturated rings. The molecular formula is C16H28N4O. The maximum atomic E-state index is 5.06. The van der Waals surface area contributed by atoms with Crippen LogP contribution < -0.4 is 5.32 Å². The third-order valence-corrected chi connectivity index (χ3v) is 4.86. The molecular weight excluding hydrogens is 264 g/mol. The monoisotopic (exact) mass is 292 g/mol. The summed E-state index contributed by atoms with van der Waals surface area (Å²) < 4.78 is 5.06. The van der Waals surface area contributed by atoms with E-state index in [0.29, 0.717) is 11.9 Å². The fourth-order valence-corrected chi connectivity index (χ4v) is 3.70. The van der Waals surface area contributed by atoms with E-state index in [2.05, 4.69) is 20.4 Å². The fraction of sp³-hybridized carbons (Fsp3) is 0.875. The fourth-order valence-electron chi connectivity index (χ4n) is 3.70. The average Bonchev–Trinajstić information content (AvgIpc) is 2.92. The van der Waals surface area contributed by atoms with Crippen LogP contribution in [0.15, 0.2) is 4.52 Å². The molecule has 2 heterocycles. The van der Waals surface area contributed by atoms with Crippen LogP contribution in [-0.2, 0) is 6.54 Å². The van der Waals surface area contributed by atoms with Crippen molar-refractivity contribution in [2.75, 3.05) is 19.6 Å². The molecule has 0 radical (unpaired) electrons. The molecule has 0 spiro atoms. The van der Waals surface area contributed by atoms with Gasteiger partial charge < -0.3 is 9.84 Å². The van der Waals surface area contributed by atoms with E-state index in [1.54, 1.807) is 0 Å². The lowest BCUT2D eigenvalue weighted by atomic mass is 9.89. The molecule has 3 rings (SSSR count). The molecule has 21 heavy (non-hydrogen) atoms. The molecule has 5 heteroatoms. The number of nitrogens with one attached hydrogen (secondary N) is 1. The van der Waals surface area contributed by atoms with Gasteiger partial charge in [-0.25, -0.2) is 0 Å². The molecule has 0 bridgehead atoms. The molecule has 1 aliphatic carbocycles. The molecule has 1 atom stereocenters. The molecule has 2 aliphatic rings. The molecule has 1 N–H and O–H groups in total. The highest BCUT2D eigenvalue weighted by molar-refractivity contribution is 4.87. The summed E-state index contributed by atoms with van der Waals surface area (Å²) in [6.45, 7) is 6.13. The van der Waals surface area contributed by atoms with E-state index >= 15 is 0 Å². The lowest BCUT2D eigenvalue weighted by molar-refractivity contribution is 0.172. The van der Waals surface area contributed by atoms with Gasteiger partial charge in [0.1, 0.15) is 0 Å². The van der Waals surface area contributed by atoms with Crippen LogP contribution in [0.3, 0.4) is 0 Å². The molecule has 1 saturated heterocycles. The lowest BCUT2D eigenvalue weighted by Crippen LogP contribution is -2.46. The predicted octanol–water partition coefficient (Wildman–Crippen LogP) is 2.51. The summed E-state index contributed by atoms with van der Waals surface area (Å²) in [7, 11) is 0. The molecule has 118 valence electrons. The molecule has 0 unspecified atom stereocenters. The van der Waals surface area contributed by atoms with Gasteiger partial charge in [-0.15, -0.1) is 0 Å². The largest absolute Gasteiger partial charge is 0.340 e. The first-order valence-electron chi connectivity index (χ1n) is 8.54. The first-order chi connectivity index (χ1) is 10.3. The Morgan fingerprint density at radius 1 is 1.19 bits per heavy atom.